The van der Waals surface area contributed by atoms with E-state index in [1.54, 1.807) is 6.07 Å². The van der Waals surface area contributed by atoms with Gasteiger partial charge in [-0.15, -0.1) is 0 Å². The summed E-state index contributed by atoms with van der Waals surface area (Å²) < 4.78 is 4.82. The van der Waals surface area contributed by atoms with Gasteiger partial charge in [0.25, 0.3) is 5.91 Å². The summed E-state index contributed by atoms with van der Waals surface area (Å²) in [5, 5.41) is 12.2. The summed E-state index contributed by atoms with van der Waals surface area (Å²) in [5.74, 6) is -0.131. The van der Waals surface area contributed by atoms with Gasteiger partial charge in [0.1, 0.15) is 0 Å². The van der Waals surface area contributed by atoms with Crippen LogP contribution in [0.25, 0.3) is 0 Å². The van der Waals surface area contributed by atoms with Gasteiger partial charge in [-0.2, -0.15) is 0 Å². The maximum Gasteiger partial charge on any atom is 0.251 e. The van der Waals surface area contributed by atoms with E-state index in [9.17, 15) is 9.90 Å². The lowest BCUT2D eigenvalue weighted by Gasteiger charge is -2.14. The van der Waals surface area contributed by atoms with E-state index in [0.717, 1.165) is 5.69 Å². The molecule has 1 aromatic rings. The molecule has 0 radical (unpaired) electrons. The van der Waals surface area contributed by atoms with Gasteiger partial charge in [0.15, 0.2) is 0 Å². The maximum atomic E-state index is 11.9. The molecule has 1 atom stereocenters. The van der Waals surface area contributed by atoms with Crippen LogP contribution in [0.1, 0.15) is 16.8 Å². The van der Waals surface area contributed by atoms with Crippen LogP contribution in [0.15, 0.2) is 24.3 Å². The third-order valence-corrected chi connectivity index (χ3v) is 2.75. The summed E-state index contributed by atoms with van der Waals surface area (Å²) in [7, 11) is 5.39. The van der Waals surface area contributed by atoms with Crippen LogP contribution in [-0.4, -0.2) is 51.5 Å². The molecule has 1 rings (SSSR count). The Bertz CT molecular complexity index is 407. The summed E-state index contributed by atoms with van der Waals surface area (Å²) in [4.78, 5) is 13.9. The lowest BCUT2D eigenvalue weighted by atomic mass is 10.1. The smallest absolute Gasteiger partial charge is 0.251 e. The van der Waals surface area contributed by atoms with Crippen LogP contribution in [0.4, 0.5) is 5.69 Å². The van der Waals surface area contributed by atoms with Crippen molar-refractivity contribution in [3.8, 4) is 0 Å². The van der Waals surface area contributed by atoms with Crippen LogP contribution in [-0.2, 0) is 4.74 Å². The summed E-state index contributed by atoms with van der Waals surface area (Å²) in [5.41, 5.74) is 1.60. The van der Waals surface area contributed by atoms with E-state index in [2.05, 4.69) is 5.32 Å². The quantitative estimate of drug-likeness (QED) is 0.769. The van der Waals surface area contributed by atoms with Crippen molar-refractivity contribution in [2.45, 2.75) is 12.5 Å². The predicted molar refractivity (Wildman–Crippen MR) is 75.6 cm³/mol. The van der Waals surface area contributed by atoms with E-state index in [1.807, 2.05) is 37.2 Å². The van der Waals surface area contributed by atoms with Crippen LogP contribution in [0, 0.1) is 0 Å². The van der Waals surface area contributed by atoms with Crippen molar-refractivity contribution in [3.05, 3.63) is 29.8 Å². The van der Waals surface area contributed by atoms with E-state index in [1.165, 1.54) is 7.11 Å². The molecular weight excluding hydrogens is 244 g/mol. The Morgan fingerprint density at radius 1 is 1.47 bits per heavy atom. The Balaban J connectivity index is 2.47. The van der Waals surface area contributed by atoms with E-state index in [0.29, 0.717) is 18.5 Å². The number of amides is 1. The van der Waals surface area contributed by atoms with Crippen molar-refractivity contribution in [1.82, 2.24) is 5.32 Å². The van der Waals surface area contributed by atoms with E-state index >= 15 is 0 Å². The van der Waals surface area contributed by atoms with Crippen LogP contribution in [0.2, 0.25) is 0 Å². The van der Waals surface area contributed by atoms with Crippen molar-refractivity contribution < 1.29 is 14.6 Å². The summed E-state index contributed by atoms with van der Waals surface area (Å²) in [6.07, 6.45) is -0.0640. The third-order valence-electron chi connectivity index (χ3n) is 2.75. The van der Waals surface area contributed by atoms with Crippen LogP contribution >= 0.6 is 0 Å². The number of aliphatic hydroxyl groups is 1. The minimum absolute atomic E-state index is 0.131. The molecule has 0 fully saturated rings. The molecule has 0 spiro atoms. The van der Waals surface area contributed by atoms with Crippen LogP contribution in [0.5, 0.6) is 0 Å². The van der Waals surface area contributed by atoms with Gasteiger partial charge >= 0.3 is 0 Å². The van der Waals surface area contributed by atoms with E-state index in [-0.39, 0.29) is 12.5 Å². The molecule has 0 saturated carbocycles. The monoisotopic (exact) mass is 266 g/mol. The van der Waals surface area contributed by atoms with Crippen molar-refractivity contribution >= 4 is 11.6 Å². The Morgan fingerprint density at radius 2 is 2.21 bits per heavy atom. The molecule has 2 N–H and O–H groups in total. The number of ether oxygens (including phenoxy) is 1. The Kier molecular flexibility index (Phi) is 6.32. The standard InChI is InChI=1S/C14H22N2O3/c1-16(2)12-6-4-5-11(9-12)14(18)15-8-7-13(17)10-19-3/h4-6,9,13,17H,7-8,10H2,1-3H3,(H,15,18). The number of methoxy groups -OCH3 is 1. The first kappa shape index (κ1) is 15.5. The lowest BCUT2D eigenvalue weighted by Crippen LogP contribution is -2.28. The highest BCUT2D eigenvalue weighted by Crippen LogP contribution is 2.13. The lowest BCUT2D eigenvalue weighted by molar-refractivity contribution is 0.0587. The largest absolute Gasteiger partial charge is 0.391 e. The highest BCUT2D eigenvalue weighted by molar-refractivity contribution is 5.95. The number of carbonyl (C=O) groups is 1. The fourth-order valence-corrected chi connectivity index (χ4v) is 1.66. The number of rotatable bonds is 7. The van der Waals surface area contributed by atoms with Crippen LogP contribution in [0.3, 0.4) is 0 Å². The number of nitrogens with one attached hydrogen (secondary N) is 1. The van der Waals surface area contributed by atoms with E-state index in [4.69, 9.17) is 4.74 Å². The van der Waals surface area contributed by atoms with Gasteiger partial charge in [-0.05, 0) is 24.6 Å². The second-order valence-corrected chi connectivity index (χ2v) is 4.60. The number of benzene rings is 1. The Hall–Kier alpha value is -1.59. The van der Waals surface area contributed by atoms with Crippen LogP contribution < -0.4 is 10.2 Å². The summed E-state index contributed by atoms with van der Waals surface area (Å²) in [6.45, 7) is 0.710. The fraction of sp³-hybridized carbons (Fsp3) is 0.500. The number of anilines is 1. The first-order chi connectivity index (χ1) is 9.04. The molecule has 1 unspecified atom stereocenters. The fourth-order valence-electron chi connectivity index (χ4n) is 1.66. The van der Waals surface area contributed by atoms with E-state index < -0.39 is 6.10 Å². The molecule has 106 valence electrons. The van der Waals surface area contributed by atoms with Gasteiger partial charge in [0, 0.05) is 39.0 Å². The number of carbonyl (C=O) groups excluding carboxylic acids is 1. The molecule has 5 heteroatoms. The van der Waals surface area contributed by atoms with Crippen molar-refractivity contribution in [3.63, 3.8) is 0 Å². The van der Waals surface area contributed by atoms with Crippen molar-refractivity contribution in [1.29, 1.82) is 0 Å². The number of aliphatic hydroxyl groups excluding tert-OH is 1. The first-order valence-corrected chi connectivity index (χ1v) is 6.27. The van der Waals surface area contributed by atoms with Gasteiger partial charge in [-0.25, -0.2) is 0 Å². The molecular formula is C14H22N2O3. The summed E-state index contributed by atoms with van der Waals surface area (Å²) >= 11 is 0. The molecule has 0 aromatic heterocycles. The second kappa shape index (κ2) is 7.76. The molecule has 0 heterocycles. The molecule has 0 aliphatic heterocycles. The van der Waals surface area contributed by atoms with Gasteiger partial charge in [0.05, 0.1) is 12.7 Å². The maximum absolute atomic E-state index is 11.9. The van der Waals surface area contributed by atoms with Gasteiger partial charge in [-0.1, -0.05) is 6.07 Å². The van der Waals surface area contributed by atoms with Crippen molar-refractivity contribution in [2.75, 3.05) is 39.3 Å². The molecule has 19 heavy (non-hydrogen) atoms. The minimum atomic E-state index is -0.543. The zero-order chi connectivity index (χ0) is 14.3. The Morgan fingerprint density at radius 3 is 2.84 bits per heavy atom. The highest BCUT2D eigenvalue weighted by Gasteiger charge is 2.08. The molecule has 0 saturated heterocycles. The van der Waals surface area contributed by atoms with Gasteiger partial charge in [-0.3, -0.25) is 4.79 Å². The molecule has 0 bridgehead atoms. The normalized spacial score (nSPS) is 12.0. The summed E-state index contributed by atoms with van der Waals surface area (Å²) in [6, 6.07) is 7.40. The first-order valence-electron chi connectivity index (χ1n) is 6.27. The SMILES string of the molecule is COCC(O)CCNC(=O)c1cccc(N(C)C)c1. The topological polar surface area (TPSA) is 61.8 Å². The zero-order valence-corrected chi connectivity index (χ0v) is 11.7. The molecule has 5 nitrogen and oxygen atoms in total. The predicted octanol–water partition coefficient (Wildman–Crippen LogP) is 0.880. The molecule has 1 aromatic carbocycles. The van der Waals surface area contributed by atoms with Crippen molar-refractivity contribution in [2.24, 2.45) is 0 Å². The average molecular weight is 266 g/mol. The van der Waals surface area contributed by atoms with Gasteiger partial charge in [0.2, 0.25) is 0 Å². The minimum Gasteiger partial charge on any atom is -0.391 e. The molecule has 0 aliphatic rings. The van der Waals surface area contributed by atoms with Gasteiger partial charge < -0.3 is 20.1 Å². The Labute approximate surface area is 114 Å². The zero-order valence-electron chi connectivity index (χ0n) is 11.7. The average Bonchev–Trinajstić information content (AvgIpc) is 2.39. The number of hydrogen-bond donors (Lipinski definition) is 2. The molecule has 0 aliphatic carbocycles. The number of hydrogen-bond acceptors (Lipinski definition) is 4. The highest BCUT2D eigenvalue weighted by atomic mass is 16.5. The molecule has 1 amide bonds. The number of nitrogens with zero attached hydrogens (tertiary/aromatic N) is 1. The second-order valence-electron chi connectivity index (χ2n) is 4.60. The third kappa shape index (κ3) is 5.28.